The van der Waals surface area contributed by atoms with Gasteiger partial charge >= 0.3 is 0 Å². The lowest BCUT2D eigenvalue weighted by atomic mass is 10.1. The van der Waals surface area contributed by atoms with Gasteiger partial charge in [-0.1, -0.05) is 0 Å². The highest BCUT2D eigenvalue weighted by molar-refractivity contribution is 6.07. The van der Waals surface area contributed by atoms with Gasteiger partial charge in [0.05, 0.1) is 42.7 Å². The number of rotatable bonds is 6. The smallest absolute Gasteiger partial charge is 0.278 e. The molecule has 10 heteroatoms. The predicted octanol–water partition coefficient (Wildman–Crippen LogP) is 1.56. The highest BCUT2D eigenvalue weighted by atomic mass is 16.5. The summed E-state index contributed by atoms with van der Waals surface area (Å²) in [5.74, 6) is 0.408. The second-order valence-electron chi connectivity index (χ2n) is 7.86. The quantitative estimate of drug-likeness (QED) is 0.516. The molecule has 2 aliphatic heterocycles. The van der Waals surface area contributed by atoms with Gasteiger partial charge in [0.15, 0.2) is 11.5 Å². The molecule has 2 fully saturated rings. The molecule has 2 saturated heterocycles. The average molecular weight is 447 g/mol. The molecule has 1 amide bonds. The molecule has 2 aromatic heterocycles. The van der Waals surface area contributed by atoms with Crippen LogP contribution in [-0.2, 0) is 4.74 Å². The van der Waals surface area contributed by atoms with Gasteiger partial charge in [0.25, 0.3) is 5.91 Å². The first-order chi connectivity index (χ1) is 16.2. The molecule has 170 valence electrons. The van der Waals surface area contributed by atoms with Crippen LogP contribution in [0.2, 0.25) is 0 Å². The number of anilines is 3. The fourth-order valence-electron chi connectivity index (χ4n) is 3.69. The van der Waals surface area contributed by atoms with Crippen molar-refractivity contribution in [3.63, 3.8) is 0 Å². The maximum atomic E-state index is 13.1. The Balaban J connectivity index is 1.34. The first-order valence-corrected chi connectivity index (χ1v) is 10.9. The zero-order valence-corrected chi connectivity index (χ0v) is 18.0. The Morgan fingerprint density at radius 3 is 2.67 bits per heavy atom. The van der Waals surface area contributed by atoms with Crippen LogP contribution in [0.15, 0.2) is 48.9 Å². The number of amides is 1. The van der Waals surface area contributed by atoms with E-state index in [1.807, 2.05) is 30.3 Å². The molecule has 5 rings (SSSR count). The normalized spacial score (nSPS) is 16.2. The molecule has 0 bridgehead atoms. The van der Waals surface area contributed by atoms with Crippen molar-refractivity contribution >= 4 is 23.1 Å². The maximum Gasteiger partial charge on any atom is 0.278 e. The molecule has 0 spiro atoms. The van der Waals surface area contributed by atoms with Crippen LogP contribution >= 0.6 is 0 Å². The fourth-order valence-corrected chi connectivity index (χ4v) is 3.69. The van der Waals surface area contributed by atoms with Crippen molar-refractivity contribution in [1.29, 1.82) is 0 Å². The third kappa shape index (κ3) is 4.71. The van der Waals surface area contributed by atoms with Gasteiger partial charge in [-0.05, 0) is 30.3 Å². The zero-order valence-electron chi connectivity index (χ0n) is 18.0. The summed E-state index contributed by atoms with van der Waals surface area (Å²) in [6.45, 7) is 4.46. The van der Waals surface area contributed by atoms with E-state index in [1.165, 1.54) is 0 Å². The highest BCUT2D eigenvalue weighted by Crippen LogP contribution is 2.27. The molecule has 0 aliphatic carbocycles. The molecule has 33 heavy (non-hydrogen) atoms. The van der Waals surface area contributed by atoms with E-state index in [0.29, 0.717) is 24.6 Å². The number of carbonyl (C=O) groups is 1. The Bertz CT molecular complexity index is 1130. The number of nitrogens with one attached hydrogen (secondary N) is 2. The van der Waals surface area contributed by atoms with Gasteiger partial charge in [-0.25, -0.2) is 9.97 Å². The first-order valence-electron chi connectivity index (χ1n) is 10.9. The molecule has 0 atom stereocenters. The third-order valence-electron chi connectivity index (χ3n) is 5.61. The number of carbonyl (C=O) groups excluding carboxylic acids is 1. The molecular weight excluding hydrogens is 422 g/mol. The van der Waals surface area contributed by atoms with Gasteiger partial charge in [-0.15, -0.1) is 0 Å². The Morgan fingerprint density at radius 1 is 1.15 bits per heavy atom. The van der Waals surface area contributed by atoms with Crippen molar-refractivity contribution in [2.75, 3.05) is 55.3 Å². The summed E-state index contributed by atoms with van der Waals surface area (Å²) in [4.78, 5) is 28.1. The van der Waals surface area contributed by atoms with Crippen LogP contribution < -0.4 is 26.0 Å². The van der Waals surface area contributed by atoms with Gasteiger partial charge in [0.2, 0.25) is 0 Å². The Hall–Kier alpha value is -3.76. The number of nitrogen functional groups attached to an aromatic ring is 1. The van der Waals surface area contributed by atoms with E-state index in [1.54, 1.807) is 18.6 Å². The van der Waals surface area contributed by atoms with Crippen molar-refractivity contribution in [3.8, 4) is 17.0 Å². The van der Waals surface area contributed by atoms with E-state index in [-0.39, 0.29) is 17.6 Å². The lowest BCUT2D eigenvalue weighted by Crippen LogP contribution is -2.50. The minimum atomic E-state index is -0.443. The summed E-state index contributed by atoms with van der Waals surface area (Å²) in [6, 6.07) is 9.42. The minimum absolute atomic E-state index is 0.0603. The number of hydrogen-bond acceptors (Lipinski definition) is 9. The summed E-state index contributed by atoms with van der Waals surface area (Å²) in [7, 11) is 0. The van der Waals surface area contributed by atoms with Gasteiger partial charge in [-0.3, -0.25) is 9.78 Å². The van der Waals surface area contributed by atoms with Gasteiger partial charge in [0, 0.05) is 37.9 Å². The number of hydrogen-bond donors (Lipinski definition) is 3. The van der Waals surface area contributed by atoms with Crippen LogP contribution in [0.25, 0.3) is 11.3 Å². The molecular formula is C23H25N7O3. The van der Waals surface area contributed by atoms with Crippen LogP contribution in [0.4, 0.5) is 17.2 Å². The first kappa shape index (κ1) is 21.1. The van der Waals surface area contributed by atoms with E-state index in [4.69, 9.17) is 15.2 Å². The molecule has 4 heterocycles. The van der Waals surface area contributed by atoms with E-state index < -0.39 is 5.91 Å². The van der Waals surface area contributed by atoms with Crippen LogP contribution in [0.1, 0.15) is 10.5 Å². The third-order valence-corrected chi connectivity index (χ3v) is 5.61. The predicted molar refractivity (Wildman–Crippen MR) is 124 cm³/mol. The molecule has 0 radical (unpaired) electrons. The van der Waals surface area contributed by atoms with Gasteiger partial charge < -0.3 is 30.7 Å². The Kier molecular flexibility index (Phi) is 6.01. The molecule has 2 aliphatic rings. The number of nitrogens with two attached hydrogens (primary N) is 1. The van der Waals surface area contributed by atoms with Crippen LogP contribution in [-0.4, -0.2) is 66.4 Å². The number of ether oxygens (including phenoxy) is 2. The van der Waals surface area contributed by atoms with Crippen molar-refractivity contribution < 1.29 is 14.3 Å². The molecule has 0 unspecified atom stereocenters. The standard InChI is InChI=1S/C23H25N7O3/c24-22-21(23(31)29-19-13-25-6-5-20(19)30-7-9-32-10-8-30)28-18(14-27-22)15-1-3-16(4-2-15)33-17-11-26-12-17/h1-6,13-14,17,26H,7-12H2,(H2,24,27)(H,29,31). The van der Waals surface area contributed by atoms with Crippen molar-refractivity contribution in [2.24, 2.45) is 0 Å². The summed E-state index contributed by atoms with van der Waals surface area (Å²) < 4.78 is 11.3. The number of nitrogens with zero attached hydrogens (tertiary/aromatic N) is 4. The average Bonchev–Trinajstić information content (AvgIpc) is 2.83. The maximum absolute atomic E-state index is 13.1. The SMILES string of the molecule is Nc1ncc(-c2ccc(OC3CNC3)cc2)nc1C(=O)Nc1cnccc1N1CCOCC1. The van der Waals surface area contributed by atoms with Crippen molar-refractivity contribution in [2.45, 2.75) is 6.10 Å². The molecule has 3 aromatic rings. The van der Waals surface area contributed by atoms with Crippen molar-refractivity contribution in [3.05, 3.63) is 54.6 Å². The second-order valence-corrected chi connectivity index (χ2v) is 7.86. The van der Waals surface area contributed by atoms with Gasteiger partial charge in [-0.2, -0.15) is 0 Å². The number of aromatic nitrogens is 3. The van der Waals surface area contributed by atoms with E-state index in [9.17, 15) is 4.79 Å². The highest BCUT2D eigenvalue weighted by Gasteiger charge is 2.20. The lowest BCUT2D eigenvalue weighted by molar-refractivity contribution is 0.102. The Labute approximate surface area is 191 Å². The second kappa shape index (κ2) is 9.39. The molecule has 4 N–H and O–H groups in total. The summed E-state index contributed by atoms with van der Waals surface area (Å²) in [6.07, 6.45) is 5.08. The number of morpholine rings is 1. The van der Waals surface area contributed by atoms with Crippen molar-refractivity contribution in [1.82, 2.24) is 20.3 Å². The van der Waals surface area contributed by atoms with E-state index >= 15 is 0 Å². The zero-order chi connectivity index (χ0) is 22.6. The monoisotopic (exact) mass is 447 g/mol. The van der Waals surface area contributed by atoms with Gasteiger partial charge in [0.1, 0.15) is 11.9 Å². The largest absolute Gasteiger partial charge is 0.488 e. The Morgan fingerprint density at radius 2 is 1.94 bits per heavy atom. The minimum Gasteiger partial charge on any atom is -0.488 e. The van der Waals surface area contributed by atoms with E-state index in [0.717, 1.165) is 43.2 Å². The summed E-state index contributed by atoms with van der Waals surface area (Å²) >= 11 is 0. The summed E-state index contributed by atoms with van der Waals surface area (Å²) in [5.41, 5.74) is 8.88. The van der Waals surface area contributed by atoms with Crippen LogP contribution in [0.5, 0.6) is 5.75 Å². The summed E-state index contributed by atoms with van der Waals surface area (Å²) in [5, 5.41) is 6.07. The fraction of sp³-hybridized carbons (Fsp3) is 0.304. The van der Waals surface area contributed by atoms with Crippen LogP contribution in [0, 0.1) is 0 Å². The number of pyridine rings is 1. The lowest BCUT2D eigenvalue weighted by Gasteiger charge is -2.30. The molecule has 0 saturated carbocycles. The van der Waals surface area contributed by atoms with Crippen LogP contribution in [0.3, 0.4) is 0 Å². The topological polar surface area (TPSA) is 128 Å². The molecule has 1 aromatic carbocycles. The number of benzene rings is 1. The molecule has 10 nitrogen and oxygen atoms in total. The van der Waals surface area contributed by atoms with E-state index in [2.05, 4.69) is 30.5 Å².